The molecule has 1 atom stereocenters. The normalized spacial score (nSPS) is 12.6. The van der Waals surface area contributed by atoms with Gasteiger partial charge in [-0.3, -0.25) is 4.90 Å². The van der Waals surface area contributed by atoms with E-state index >= 15 is 0 Å². The summed E-state index contributed by atoms with van der Waals surface area (Å²) in [5.41, 5.74) is 0.952. The summed E-state index contributed by atoms with van der Waals surface area (Å²) in [7, 11) is 4.17. The van der Waals surface area contributed by atoms with Gasteiger partial charge in [0.2, 0.25) is 11.7 Å². The van der Waals surface area contributed by atoms with Crippen LogP contribution in [0, 0.1) is 0 Å². The topological polar surface area (TPSA) is 72.9 Å². The predicted octanol–water partition coefficient (Wildman–Crippen LogP) is 4.43. The second-order valence-corrected chi connectivity index (χ2v) is 7.84. The zero-order valence-electron chi connectivity index (χ0n) is 17.0. The first kappa shape index (κ1) is 20.5. The van der Waals surface area contributed by atoms with E-state index in [4.69, 9.17) is 4.52 Å². The lowest BCUT2D eigenvalue weighted by Gasteiger charge is -2.23. The number of aromatic nitrogens is 5. The molecule has 3 aromatic rings. The molecular formula is C20H28N6OS. The van der Waals surface area contributed by atoms with Crippen LogP contribution in [0.5, 0.6) is 0 Å². The van der Waals surface area contributed by atoms with Crippen molar-refractivity contribution in [2.24, 2.45) is 0 Å². The van der Waals surface area contributed by atoms with Crippen LogP contribution in [-0.2, 0) is 12.3 Å². The first-order chi connectivity index (χ1) is 13.6. The molecule has 0 aliphatic carbocycles. The van der Waals surface area contributed by atoms with Crippen LogP contribution in [0.2, 0.25) is 0 Å². The quantitative estimate of drug-likeness (QED) is 0.466. The van der Waals surface area contributed by atoms with E-state index in [0.29, 0.717) is 17.5 Å². The highest BCUT2D eigenvalue weighted by Gasteiger charge is 2.22. The fourth-order valence-corrected chi connectivity index (χ4v) is 3.91. The molecule has 0 N–H and O–H groups in total. The Bertz CT molecular complexity index is 861. The summed E-state index contributed by atoms with van der Waals surface area (Å²) in [6, 6.07) is 10.1. The summed E-state index contributed by atoms with van der Waals surface area (Å²) in [5, 5.41) is 14.0. The molecule has 0 amide bonds. The van der Waals surface area contributed by atoms with Gasteiger partial charge in [0.25, 0.3) is 0 Å². The molecule has 7 nitrogen and oxygen atoms in total. The van der Waals surface area contributed by atoms with Gasteiger partial charge in [-0.1, -0.05) is 67.5 Å². The van der Waals surface area contributed by atoms with Gasteiger partial charge in [0, 0.05) is 12.1 Å². The number of unbranched alkanes of at least 4 members (excludes halogenated alkanes) is 1. The van der Waals surface area contributed by atoms with Gasteiger partial charge in [-0.2, -0.15) is 4.98 Å². The third-order valence-corrected chi connectivity index (χ3v) is 5.57. The highest BCUT2D eigenvalue weighted by Crippen LogP contribution is 2.27. The highest BCUT2D eigenvalue weighted by atomic mass is 32.2. The van der Waals surface area contributed by atoms with Gasteiger partial charge in [0.05, 0.1) is 11.8 Å². The second-order valence-electron chi connectivity index (χ2n) is 6.90. The Labute approximate surface area is 170 Å². The van der Waals surface area contributed by atoms with Gasteiger partial charge in [-0.15, -0.1) is 10.2 Å². The van der Waals surface area contributed by atoms with E-state index in [1.54, 1.807) is 11.8 Å². The number of hydrogen-bond donors (Lipinski definition) is 0. The van der Waals surface area contributed by atoms with Gasteiger partial charge < -0.3 is 9.09 Å². The number of rotatable bonds is 10. The lowest BCUT2D eigenvalue weighted by atomic mass is 10.2. The largest absolute Gasteiger partial charge is 0.338 e. The second kappa shape index (κ2) is 9.84. The standard InChI is InChI=1S/C20H28N6OS/c1-5-7-13-26-19(16(6-2)25(3)4)22-23-20(26)28-14-17-21-18(24-27-17)15-11-9-8-10-12-15/h8-12,16H,5-7,13-14H2,1-4H3. The average Bonchev–Trinajstić information content (AvgIpc) is 3.33. The fraction of sp³-hybridized carbons (Fsp3) is 0.500. The summed E-state index contributed by atoms with van der Waals surface area (Å²) in [5.74, 6) is 2.81. The molecule has 3 rings (SSSR count). The van der Waals surface area contributed by atoms with Crippen LogP contribution >= 0.6 is 11.8 Å². The molecule has 8 heteroatoms. The van der Waals surface area contributed by atoms with Crippen molar-refractivity contribution in [3.05, 3.63) is 42.0 Å². The minimum atomic E-state index is 0.256. The predicted molar refractivity (Wildman–Crippen MR) is 111 cm³/mol. The Balaban J connectivity index is 1.75. The maximum atomic E-state index is 5.43. The SMILES string of the molecule is CCCCn1c(SCc2nc(-c3ccccc3)no2)nnc1C(CC)N(C)C. The zero-order chi connectivity index (χ0) is 19.9. The summed E-state index contributed by atoms with van der Waals surface area (Å²) < 4.78 is 7.67. The molecule has 2 aromatic heterocycles. The Kier molecular flexibility index (Phi) is 7.22. The van der Waals surface area contributed by atoms with E-state index in [2.05, 4.69) is 57.7 Å². The molecule has 1 aromatic carbocycles. The van der Waals surface area contributed by atoms with Crippen LogP contribution in [0.4, 0.5) is 0 Å². The summed E-state index contributed by atoms with van der Waals surface area (Å²) in [6.45, 7) is 5.30. The monoisotopic (exact) mass is 400 g/mol. The number of hydrogen-bond acceptors (Lipinski definition) is 7. The van der Waals surface area contributed by atoms with Crippen molar-refractivity contribution >= 4 is 11.8 Å². The van der Waals surface area contributed by atoms with Crippen LogP contribution in [-0.4, -0.2) is 43.9 Å². The molecule has 0 radical (unpaired) electrons. The number of thioether (sulfide) groups is 1. The molecule has 150 valence electrons. The summed E-state index contributed by atoms with van der Waals surface area (Å²) >= 11 is 1.59. The number of benzene rings is 1. The molecule has 2 heterocycles. The summed E-state index contributed by atoms with van der Waals surface area (Å²) in [4.78, 5) is 6.71. The molecule has 0 spiro atoms. The molecule has 0 saturated carbocycles. The van der Waals surface area contributed by atoms with E-state index < -0.39 is 0 Å². The van der Waals surface area contributed by atoms with Crippen molar-refractivity contribution in [1.82, 2.24) is 29.8 Å². The zero-order valence-corrected chi connectivity index (χ0v) is 17.8. The Morgan fingerprint density at radius 1 is 1.14 bits per heavy atom. The fourth-order valence-electron chi connectivity index (χ4n) is 3.10. The first-order valence-corrected chi connectivity index (χ1v) is 10.7. The van der Waals surface area contributed by atoms with E-state index in [-0.39, 0.29) is 6.04 Å². The van der Waals surface area contributed by atoms with E-state index in [1.165, 1.54) is 0 Å². The lowest BCUT2D eigenvalue weighted by Crippen LogP contribution is -2.23. The smallest absolute Gasteiger partial charge is 0.237 e. The van der Waals surface area contributed by atoms with Gasteiger partial charge in [0.15, 0.2) is 11.0 Å². The maximum absolute atomic E-state index is 5.43. The first-order valence-electron chi connectivity index (χ1n) is 9.74. The Morgan fingerprint density at radius 3 is 2.61 bits per heavy atom. The molecule has 0 aliphatic rings. The van der Waals surface area contributed by atoms with E-state index in [1.807, 2.05) is 30.3 Å². The van der Waals surface area contributed by atoms with Crippen molar-refractivity contribution in [2.45, 2.75) is 56.6 Å². The third-order valence-electron chi connectivity index (χ3n) is 4.61. The molecule has 0 saturated heterocycles. The van der Waals surface area contributed by atoms with Crippen LogP contribution in [0.3, 0.4) is 0 Å². The van der Waals surface area contributed by atoms with Crippen molar-refractivity contribution in [3.63, 3.8) is 0 Å². The maximum Gasteiger partial charge on any atom is 0.237 e. The summed E-state index contributed by atoms with van der Waals surface area (Å²) in [6.07, 6.45) is 3.22. The molecular weight excluding hydrogens is 372 g/mol. The van der Waals surface area contributed by atoms with Crippen molar-refractivity contribution in [2.75, 3.05) is 14.1 Å². The van der Waals surface area contributed by atoms with Crippen molar-refractivity contribution < 1.29 is 4.52 Å². The van der Waals surface area contributed by atoms with Gasteiger partial charge in [-0.25, -0.2) is 0 Å². The molecule has 1 unspecified atom stereocenters. The van der Waals surface area contributed by atoms with Gasteiger partial charge in [-0.05, 0) is 26.9 Å². The molecule has 0 bridgehead atoms. The van der Waals surface area contributed by atoms with Crippen molar-refractivity contribution in [3.8, 4) is 11.4 Å². The Hall–Kier alpha value is -2.19. The molecule has 28 heavy (non-hydrogen) atoms. The average molecular weight is 401 g/mol. The highest BCUT2D eigenvalue weighted by molar-refractivity contribution is 7.98. The van der Waals surface area contributed by atoms with Crippen LogP contribution in [0.15, 0.2) is 40.0 Å². The van der Waals surface area contributed by atoms with Crippen LogP contribution < -0.4 is 0 Å². The minimum absolute atomic E-state index is 0.256. The number of nitrogens with zero attached hydrogens (tertiary/aromatic N) is 6. The third kappa shape index (κ3) is 4.80. The van der Waals surface area contributed by atoms with E-state index in [9.17, 15) is 0 Å². The molecule has 0 fully saturated rings. The molecule has 0 aliphatic heterocycles. The lowest BCUT2D eigenvalue weighted by molar-refractivity contribution is 0.270. The van der Waals surface area contributed by atoms with E-state index in [0.717, 1.165) is 42.4 Å². The van der Waals surface area contributed by atoms with Crippen molar-refractivity contribution in [1.29, 1.82) is 0 Å². The Morgan fingerprint density at radius 2 is 1.93 bits per heavy atom. The van der Waals surface area contributed by atoms with Crippen LogP contribution in [0.1, 0.15) is 50.9 Å². The minimum Gasteiger partial charge on any atom is -0.338 e. The van der Waals surface area contributed by atoms with Gasteiger partial charge in [0.1, 0.15) is 0 Å². The van der Waals surface area contributed by atoms with Crippen LogP contribution in [0.25, 0.3) is 11.4 Å². The van der Waals surface area contributed by atoms with Gasteiger partial charge >= 0.3 is 0 Å².